The van der Waals surface area contributed by atoms with Crippen LogP contribution in [0.1, 0.15) is 11.1 Å². The number of nitrogens with one attached hydrogen (secondary N) is 1. The molecule has 0 saturated carbocycles. The second-order valence-corrected chi connectivity index (χ2v) is 7.33. The average molecular weight is 342 g/mol. The zero-order valence-electron chi connectivity index (χ0n) is 13.5. The Morgan fingerprint density at radius 3 is 2.67 bits per heavy atom. The van der Waals surface area contributed by atoms with E-state index < -0.39 is 10.0 Å². The van der Waals surface area contributed by atoms with E-state index in [-0.39, 0.29) is 11.4 Å². The largest absolute Gasteiger partial charge is 0.275 e. The van der Waals surface area contributed by atoms with E-state index in [4.69, 9.17) is 0 Å². The monoisotopic (exact) mass is 342 g/mol. The van der Waals surface area contributed by atoms with E-state index in [0.29, 0.717) is 0 Å². The summed E-state index contributed by atoms with van der Waals surface area (Å²) >= 11 is 0. The third kappa shape index (κ3) is 3.52. The minimum absolute atomic E-state index is 0.208. The summed E-state index contributed by atoms with van der Waals surface area (Å²) in [5.41, 5.74) is 3.62. The van der Waals surface area contributed by atoms with Crippen LogP contribution in [0.3, 0.4) is 0 Å². The van der Waals surface area contributed by atoms with Crippen molar-refractivity contribution in [3.05, 3.63) is 66.2 Å². The molecule has 0 amide bonds. The Bertz CT molecular complexity index is 950. The third-order valence-electron chi connectivity index (χ3n) is 3.71. The van der Waals surface area contributed by atoms with E-state index >= 15 is 0 Å². The van der Waals surface area contributed by atoms with E-state index in [1.165, 1.54) is 0 Å². The van der Waals surface area contributed by atoms with Crippen molar-refractivity contribution in [1.29, 1.82) is 0 Å². The second kappa shape index (κ2) is 6.54. The summed E-state index contributed by atoms with van der Waals surface area (Å²) in [7, 11) is -1.73. The maximum absolute atomic E-state index is 12.5. The van der Waals surface area contributed by atoms with Gasteiger partial charge in [-0.05, 0) is 41.8 Å². The van der Waals surface area contributed by atoms with Crippen molar-refractivity contribution in [1.82, 2.24) is 19.5 Å². The van der Waals surface area contributed by atoms with Crippen molar-refractivity contribution in [3.8, 4) is 11.1 Å². The fraction of sp³-hybridized carbons (Fsp3) is 0.176. The molecule has 7 heteroatoms. The smallest absolute Gasteiger partial charge is 0.240 e. The van der Waals surface area contributed by atoms with E-state index in [1.807, 2.05) is 32.3 Å². The summed E-state index contributed by atoms with van der Waals surface area (Å²) in [6, 6.07) is 8.70. The normalized spacial score (nSPS) is 11.6. The number of benzene rings is 1. The Hall–Kier alpha value is -2.51. The Labute approximate surface area is 141 Å². The molecule has 0 atom stereocenters. The van der Waals surface area contributed by atoms with Crippen molar-refractivity contribution >= 4 is 10.0 Å². The quantitative estimate of drug-likeness (QED) is 0.772. The number of aryl methyl sites for hydroxylation is 2. The molecule has 0 fully saturated rings. The predicted octanol–water partition coefficient (Wildman–Crippen LogP) is 2.27. The molecule has 3 aromatic rings. The van der Waals surface area contributed by atoms with Crippen LogP contribution in [0.4, 0.5) is 0 Å². The number of aromatic nitrogens is 3. The molecule has 0 aliphatic rings. The van der Waals surface area contributed by atoms with Gasteiger partial charge in [0, 0.05) is 37.7 Å². The van der Waals surface area contributed by atoms with Gasteiger partial charge >= 0.3 is 0 Å². The fourth-order valence-corrected chi connectivity index (χ4v) is 3.55. The first kappa shape index (κ1) is 16.4. The summed E-state index contributed by atoms with van der Waals surface area (Å²) in [5, 5.41) is 4.15. The first-order chi connectivity index (χ1) is 11.5. The second-order valence-electron chi connectivity index (χ2n) is 5.57. The molecular weight excluding hydrogens is 324 g/mol. The van der Waals surface area contributed by atoms with Crippen LogP contribution in [0.15, 0.2) is 60.0 Å². The molecule has 124 valence electrons. The van der Waals surface area contributed by atoms with Gasteiger partial charge in [0.15, 0.2) is 0 Å². The summed E-state index contributed by atoms with van der Waals surface area (Å²) in [6.07, 6.45) is 6.95. The molecule has 1 N–H and O–H groups in total. The fourth-order valence-electron chi connectivity index (χ4n) is 2.45. The Balaban J connectivity index is 1.82. The highest BCUT2D eigenvalue weighted by molar-refractivity contribution is 7.89. The number of sulfonamides is 1. The molecule has 0 unspecified atom stereocenters. The zero-order valence-corrected chi connectivity index (χ0v) is 14.3. The van der Waals surface area contributed by atoms with Crippen LogP contribution in [-0.4, -0.2) is 23.2 Å². The molecule has 0 bridgehead atoms. The standard InChI is InChI=1S/C17H18N4O2S/c1-13-8-16(5-6-17(13)15-11-19-21(2)12-15)24(22,23)20-10-14-4-3-7-18-9-14/h3-9,11-12,20H,10H2,1-2H3. The van der Waals surface area contributed by atoms with Crippen molar-refractivity contribution < 1.29 is 8.42 Å². The topological polar surface area (TPSA) is 76.9 Å². The van der Waals surface area contributed by atoms with Gasteiger partial charge in [-0.15, -0.1) is 0 Å². The highest BCUT2D eigenvalue weighted by Gasteiger charge is 2.15. The van der Waals surface area contributed by atoms with Crippen LogP contribution in [0.25, 0.3) is 11.1 Å². The van der Waals surface area contributed by atoms with Crippen LogP contribution in [0.2, 0.25) is 0 Å². The molecule has 24 heavy (non-hydrogen) atoms. The van der Waals surface area contributed by atoms with E-state index in [1.54, 1.807) is 41.5 Å². The summed E-state index contributed by atoms with van der Waals surface area (Å²) in [6.45, 7) is 2.10. The van der Waals surface area contributed by atoms with Crippen molar-refractivity contribution in [2.75, 3.05) is 0 Å². The highest BCUT2D eigenvalue weighted by atomic mass is 32.2. The SMILES string of the molecule is Cc1cc(S(=O)(=O)NCc2cccnc2)ccc1-c1cnn(C)c1. The molecular formula is C17H18N4O2S. The predicted molar refractivity (Wildman–Crippen MR) is 91.6 cm³/mol. The van der Waals surface area contributed by atoms with Crippen molar-refractivity contribution in [2.45, 2.75) is 18.4 Å². The van der Waals surface area contributed by atoms with Gasteiger partial charge in [0.2, 0.25) is 10.0 Å². The van der Waals surface area contributed by atoms with Crippen LogP contribution < -0.4 is 4.72 Å². The van der Waals surface area contributed by atoms with Crippen LogP contribution in [0, 0.1) is 6.92 Å². The molecule has 3 rings (SSSR count). The molecule has 6 nitrogen and oxygen atoms in total. The Kier molecular flexibility index (Phi) is 4.46. The Morgan fingerprint density at radius 2 is 2.04 bits per heavy atom. The number of pyridine rings is 1. The van der Waals surface area contributed by atoms with Gasteiger partial charge in [0.25, 0.3) is 0 Å². The molecule has 0 aliphatic carbocycles. The molecule has 0 radical (unpaired) electrons. The number of rotatable bonds is 5. The lowest BCUT2D eigenvalue weighted by molar-refractivity contribution is 0.581. The van der Waals surface area contributed by atoms with Gasteiger partial charge < -0.3 is 0 Å². The van der Waals surface area contributed by atoms with Gasteiger partial charge in [-0.1, -0.05) is 12.1 Å². The number of nitrogens with zero attached hydrogens (tertiary/aromatic N) is 3. The van der Waals surface area contributed by atoms with Crippen LogP contribution >= 0.6 is 0 Å². The molecule has 2 heterocycles. The minimum Gasteiger partial charge on any atom is -0.275 e. The molecule has 0 saturated heterocycles. The third-order valence-corrected chi connectivity index (χ3v) is 5.11. The van der Waals surface area contributed by atoms with Crippen molar-refractivity contribution in [2.24, 2.45) is 7.05 Å². The lowest BCUT2D eigenvalue weighted by Crippen LogP contribution is -2.23. The number of hydrogen-bond donors (Lipinski definition) is 1. The van der Waals surface area contributed by atoms with Gasteiger partial charge in [-0.25, -0.2) is 13.1 Å². The lowest BCUT2D eigenvalue weighted by Gasteiger charge is -2.09. The lowest BCUT2D eigenvalue weighted by atomic mass is 10.0. The van der Waals surface area contributed by atoms with E-state index in [2.05, 4.69) is 14.8 Å². The molecule has 1 aromatic carbocycles. The summed E-state index contributed by atoms with van der Waals surface area (Å²) < 4.78 is 29.2. The highest BCUT2D eigenvalue weighted by Crippen LogP contribution is 2.25. The van der Waals surface area contributed by atoms with E-state index in [0.717, 1.165) is 22.3 Å². The first-order valence-corrected chi connectivity index (χ1v) is 8.92. The summed E-state index contributed by atoms with van der Waals surface area (Å²) in [4.78, 5) is 4.22. The maximum atomic E-state index is 12.5. The van der Waals surface area contributed by atoms with Gasteiger partial charge in [0.1, 0.15) is 0 Å². The number of hydrogen-bond acceptors (Lipinski definition) is 4. The van der Waals surface area contributed by atoms with E-state index in [9.17, 15) is 8.42 Å². The molecule has 0 spiro atoms. The van der Waals surface area contributed by atoms with Gasteiger partial charge in [-0.2, -0.15) is 5.10 Å². The average Bonchev–Trinajstić information content (AvgIpc) is 3.00. The Morgan fingerprint density at radius 1 is 1.21 bits per heavy atom. The van der Waals surface area contributed by atoms with Gasteiger partial charge in [0.05, 0.1) is 11.1 Å². The molecule has 2 aromatic heterocycles. The first-order valence-electron chi connectivity index (χ1n) is 7.44. The van der Waals surface area contributed by atoms with Crippen LogP contribution in [-0.2, 0) is 23.6 Å². The summed E-state index contributed by atoms with van der Waals surface area (Å²) in [5.74, 6) is 0. The van der Waals surface area contributed by atoms with Gasteiger partial charge in [-0.3, -0.25) is 9.67 Å². The van der Waals surface area contributed by atoms with Crippen LogP contribution in [0.5, 0.6) is 0 Å². The zero-order chi connectivity index (χ0) is 17.2. The molecule has 0 aliphatic heterocycles. The minimum atomic E-state index is -3.57. The maximum Gasteiger partial charge on any atom is 0.240 e. The van der Waals surface area contributed by atoms with Crippen molar-refractivity contribution in [3.63, 3.8) is 0 Å².